The zero-order chi connectivity index (χ0) is 16.3. The standard InChI is InChI=1S/C14H18F2N4O2/c1-5-21-11-7-9(3)19(17-11)13(15)14(16)20-10(4)8-12(18-20)22-6-2/h7-8H,5-6H2,1-4H3/b14-13+. The highest BCUT2D eigenvalue weighted by Gasteiger charge is 2.18. The van der Waals surface area contributed by atoms with Crippen molar-refractivity contribution in [2.45, 2.75) is 27.7 Å². The Kier molecular flexibility index (Phi) is 4.79. The second-order valence-corrected chi connectivity index (χ2v) is 4.52. The van der Waals surface area contributed by atoms with Gasteiger partial charge in [0.15, 0.2) is 0 Å². The molecule has 2 aromatic heterocycles. The van der Waals surface area contributed by atoms with Gasteiger partial charge in [-0.1, -0.05) is 0 Å². The van der Waals surface area contributed by atoms with Gasteiger partial charge in [-0.15, -0.1) is 10.2 Å². The van der Waals surface area contributed by atoms with E-state index in [4.69, 9.17) is 9.47 Å². The second kappa shape index (κ2) is 6.59. The Morgan fingerprint density at radius 2 is 1.27 bits per heavy atom. The van der Waals surface area contributed by atoms with Gasteiger partial charge in [0.1, 0.15) is 0 Å². The van der Waals surface area contributed by atoms with E-state index < -0.39 is 11.9 Å². The third-order valence-corrected chi connectivity index (χ3v) is 2.86. The van der Waals surface area contributed by atoms with Crippen LogP contribution in [0, 0.1) is 13.8 Å². The highest BCUT2D eigenvalue weighted by Crippen LogP contribution is 2.25. The summed E-state index contributed by atoms with van der Waals surface area (Å²) in [6, 6.07) is 3.05. The van der Waals surface area contributed by atoms with Gasteiger partial charge in [0.2, 0.25) is 11.8 Å². The van der Waals surface area contributed by atoms with Crippen LogP contribution in [0.5, 0.6) is 11.8 Å². The Labute approximate surface area is 126 Å². The fraction of sp³-hybridized carbons (Fsp3) is 0.429. The third kappa shape index (κ3) is 3.10. The van der Waals surface area contributed by atoms with Gasteiger partial charge in [-0.2, -0.15) is 8.78 Å². The third-order valence-electron chi connectivity index (χ3n) is 2.86. The Hall–Kier alpha value is -2.38. The van der Waals surface area contributed by atoms with Gasteiger partial charge in [0, 0.05) is 23.5 Å². The highest BCUT2D eigenvalue weighted by atomic mass is 19.2. The van der Waals surface area contributed by atoms with Crippen LogP contribution in [0.25, 0.3) is 11.9 Å². The second-order valence-electron chi connectivity index (χ2n) is 4.52. The van der Waals surface area contributed by atoms with Crippen LogP contribution in [-0.2, 0) is 0 Å². The summed E-state index contributed by atoms with van der Waals surface area (Å²) in [6.45, 7) is 7.54. The molecule has 6 nitrogen and oxygen atoms in total. The molecule has 8 heteroatoms. The minimum absolute atomic E-state index is 0.232. The number of hydrogen-bond donors (Lipinski definition) is 0. The first-order valence-corrected chi connectivity index (χ1v) is 6.92. The van der Waals surface area contributed by atoms with Gasteiger partial charge in [-0.05, 0) is 27.7 Å². The average molecular weight is 312 g/mol. The Balaban J connectivity index is 2.40. The lowest BCUT2D eigenvalue weighted by atomic mass is 10.4. The Morgan fingerprint density at radius 3 is 1.59 bits per heavy atom. The van der Waals surface area contributed by atoms with E-state index in [1.54, 1.807) is 27.7 Å². The Bertz CT molecular complexity index is 633. The summed E-state index contributed by atoms with van der Waals surface area (Å²) >= 11 is 0. The lowest BCUT2D eigenvalue weighted by molar-refractivity contribution is 0.322. The molecule has 2 aromatic rings. The molecule has 0 aliphatic heterocycles. The molecule has 0 radical (unpaired) electrons. The maximum atomic E-state index is 14.4. The summed E-state index contributed by atoms with van der Waals surface area (Å²) in [7, 11) is 0. The van der Waals surface area contributed by atoms with Crippen molar-refractivity contribution in [3.05, 3.63) is 23.5 Å². The van der Waals surface area contributed by atoms with Crippen molar-refractivity contribution in [3.63, 3.8) is 0 Å². The van der Waals surface area contributed by atoms with Crippen molar-refractivity contribution in [3.8, 4) is 11.8 Å². The molecule has 2 heterocycles. The van der Waals surface area contributed by atoms with Crippen LogP contribution in [0.1, 0.15) is 25.2 Å². The minimum atomic E-state index is -1.17. The zero-order valence-electron chi connectivity index (χ0n) is 12.9. The molecule has 0 aliphatic carbocycles. The number of nitrogens with zero attached hydrogens (tertiary/aromatic N) is 4. The molecular formula is C14H18F2N4O2. The molecule has 0 atom stereocenters. The van der Waals surface area contributed by atoms with E-state index in [-0.39, 0.29) is 11.8 Å². The van der Waals surface area contributed by atoms with E-state index >= 15 is 0 Å². The first-order chi connectivity index (χ1) is 10.5. The van der Waals surface area contributed by atoms with E-state index in [2.05, 4.69) is 10.2 Å². The van der Waals surface area contributed by atoms with E-state index in [0.717, 1.165) is 9.36 Å². The number of halogens is 2. The molecule has 0 saturated carbocycles. The Morgan fingerprint density at radius 1 is 0.909 bits per heavy atom. The summed E-state index contributed by atoms with van der Waals surface area (Å²) < 4.78 is 40.7. The van der Waals surface area contributed by atoms with Crippen LogP contribution in [0.4, 0.5) is 8.78 Å². The van der Waals surface area contributed by atoms with Crippen LogP contribution in [-0.4, -0.2) is 32.8 Å². The van der Waals surface area contributed by atoms with Crippen LogP contribution < -0.4 is 9.47 Å². The largest absolute Gasteiger partial charge is 0.477 e. The maximum absolute atomic E-state index is 14.4. The van der Waals surface area contributed by atoms with E-state index in [0.29, 0.717) is 24.6 Å². The normalized spacial score (nSPS) is 12.3. The van der Waals surface area contributed by atoms with Gasteiger partial charge in [0.25, 0.3) is 11.9 Å². The van der Waals surface area contributed by atoms with Crippen molar-refractivity contribution < 1.29 is 18.3 Å². The molecule has 120 valence electrons. The SMILES string of the molecule is CCOc1cc(C)n(/C(F)=C(\F)n2nc(OCC)cc2C)n1. The van der Waals surface area contributed by atoms with Crippen molar-refractivity contribution in [2.75, 3.05) is 13.2 Å². The average Bonchev–Trinajstić information content (AvgIpc) is 3.01. The summed E-state index contributed by atoms with van der Waals surface area (Å²) in [5, 5.41) is 7.74. The van der Waals surface area contributed by atoms with Crippen molar-refractivity contribution in [2.24, 2.45) is 0 Å². The van der Waals surface area contributed by atoms with Gasteiger partial charge >= 0.3 is 0 Å². The highest BCUT2D eigenvalue weighted by molar-refractivity contribution is 5.62. The molecule has 22 heavy (non-hydrogen) atoms. The first kappa shape index (κ1) is 16.0. The molecule has 0 bridgehead atoms. The number of hydrogen-bond acceptors (Lipinski definition) is 4. The van der Waals surface area contributed by atoms with E-state index in [9.17, 15) is 8.78 Å². The van der Waals surface area contributed by atoms with Gasteiger partial charge in [-0.3, -0.25) is 0 Å². The molecule has 2 rings (SSSR count). The molecule has 0 saturated heterocycles. The predicted molar refractivity (Wildman–Crippen MR) is 77.9 cm³/mol. The maximum Gasteiger partial charge on any atom is 0.270 e. The minimum Gasteiger partial charge on any atom is -0.477 e. The molecule has 0 aromatic carbocycles. The topological polar surface area (TPSA) is 54.1 Å². The number of aromatic nitrogens is 4. The number of aryl methyl sites for hydroxylation is 2. The lowest BCUT2D eigenvalue weighted by Gasteiger charge is -2.04. The van der Waals surface area contributed by atoms with E-state index in [1.165, 1.54) is 12.1 Å². The van der Waals surface area contributed by atoms with Crippen molar-refractivity contribution >= 4 is 11.9 Å². The molecule has 0 fully saturated rings. The quantitative estimate of drug-likeness (QED) is 0.822. The van der Waals surface area contributed by atoms with Crippen molar-refractivity contribution in [1.82, 2.24) is 19.6 Å². The fourth-order valence-electron chi connectivity index (χ4n) is 1.90. The molecule has 0 unspecified atom stereocenters. The van der Waals surface area contributed by atoms with E-state index in [1.807, 2.05) is 0 Å². The fourth-order valence-corrected chi connectivity index (χ4v) is 1.90. The van der Waals surface area contributed by atoms with Crippen LogP contribution in [0.3, 0.4) is 0 Å². The number of rotatable bonds is 6. The van der Waals surface area contributed by atoms with Gasteiger partial charge in [-0.25, -0.2) is 9.36 Å². The van der Waals surface area contributed by atoms with Gasteiger partial charge < -0.3 is 9.47 Å². The van der Waals surface area contributed by atoms with Gasteiger partial charge in [0.05, 0.1) is 13.2 Å². The van der Waals surface area contributed by atoms with Crippen LogP contribution >= 0.6 is 0 Å². The predicted octanol–water partition coefficient (Wildman–Crippen LogP) is 3.17. The lowest BCUT2D eigenvalue weighted by Crippen LogP contribution is -2.06. The van der Waals surface area contributed by atoms with Crippen LogP contribution in [0.2, 0.25) is 0 Å². The monoisotopic (exact) mass is 312 g/mol. The molecule has 0 amide bonds. The summed E-state index contributed by atoms with van der Waals surface area (Å²) in [6.07, 6.45) is 0. The first-order valence-electron chi connectivity index (χ1n) is 6.92. The molecule has 0 N–H and O–H groups in total. The molecule has 0 aliphatic rings. The summed E-state index contributed by atoms with van der Waals surface area (Å²) in [5.41, 5.74) is 0.817. The zero-order valence-corrected chi connectivity index (χ0v) is 12.9. The smallest absolute Gasteiger partial charge is 0.270 e. The molecular weight excluding hydrogens is 294 g/mol. The van der Waals surface area contributed by atoms with Crippen LogP contribution in [0.15, 0.2) is 12.1 Å². The van der Waals surface area contributed by atoms with Crippen molar-refractivity contribution in [1.29, 1.82) is 0 Å². The summed E-state index contributed by atoms with van der Waals surface area (Å²) in [5.74, 6) is -1.87. The number of ether oxygens (including phenoxy) is 2. The summed E-state index contributed by atoms with van der Waals surface area (Å²) in [4.78, 5) is 0. The molecule has 0 spiro atoms.